The summed E-state index contributed by atoms with van der Waals surface area (Å²) in [6, 6.07) is 21.1. The topological polar surface area (TPSA) is 55.2 Å². The van der Waals surface area contributed by atoms with E-state index in [4.69, 9.17) is 16.7 Å². The molecule has 0 saturated carbocycles. The highest BCUT2D eigenvalue weighted by Gasteiger charge is 2.21. The van der Waals surface area contributed by atoms with Crippen LogP contribution in [0.3, 0.4) is 0 Å². The smallest absolute Gasteiger partial charge is 0.175 e. The van der Waals surface area contributed by atoms with Crippen molar-refractivity contribution < 1.29 is 8.42 Å². The van der Waals surface area contributed by atoms with Gasteiger partial charge in [0.2, 0.25) is 0 Å². The van der Waals surface area contributed by atoms with Crippen LogP contribution in [0.15, 0.2) is 71.6 Å². The minimum atomic E-state index is -3.27. The van der Waals surface area contributed by atoms with Crippen molar-refractivity contribution in [1.82, 2.24) is 14.7 Å². The zero-order chi connectivity index (χ0) is 24.6. The summed E-state index contributed by atoms with van der Waals surface area (Å²) in [5.41, 5.74) is 3.69. The summed E-state index contributed by atoms with van der Waals surface area (Å²) in [6.07, 6.45) is 3.51. The third-order valence-corrected chi connectivity index (χ3v) is 9.65. The Morgan fingerprint density at radius 2 is 1.77 bits per heavy atom. The molecule has 0 aliphatic carbocycles. The number of rotatable bonds is 6. The Morgan fingerprint density at radius 1 is 1.03 bits per heavy atom. The fourth-order valence-corrected chi connectivity index (χ4v) is 6.59. The summed E-state index contributed by atoms with van der Waals surface area (Å²) in [6.45, 7) is 2.88. The summed E-state index contributed by atoms with van der Waals surface area (Å²) < 4.78 is 26.0. The molecule has 1 aliphatic rings. The van der Waals surface area contributed by atoms with Crippen LogP contribution in [-0.2, 0) is 16.4 Å². The highest BCUT2D eigenvalue weighted by Crippen LogP contribution is 2.37. The Kier molecular flexibility index (Phi) is 7.19. The van der Waals surface area contributed by atoms with E-state index in [1.807, 2.05) is 41.1 Å². The van der Waals surface area contributed by atoms with Crippen molar-refractivity contribution in [3.63, 3.8) is 0 Å². The molecule has 0 spiro atoms. The van der Waals surface area contributed by atoms with Crippen molar-refractivity contribution in [3.8, 4) is 26.7 Å². The van der Waals surface area contributed by atoms with Gasteiger partial charge in [-0.3, -0.25) is 4.90 Å². The molecule has 1 aliphatic heterocycles. The lowest BCUT2D eigenvalue weighted by Crippen LogP contribution is -2.33. The average molecular weight is 591 g/mol. The third-order valence-electron chi connectivity index (χ3n) is 6.15. The molecule has 1 fully saturated rings. The second kappa shape index (κ2) is 10.2. The minimum Gasteiger partial charge on any atom is -0.297 e. The molecule has 35 heavy (non-hydrogen) atoms. The Labute approximate surface area is 223 Å². The maximum atomic E-state index is 12.0. The van der Waals surface area contributed by atoms with E-state index in [2.05, 4.69) is 33.0 Å². The molecule has 3 heterocycles. The number of alkyl halides is 1. The van der Waals surface area contributed by atoms with Gasteiger partial charge >= 0.3 is 0 Å². The minimum absolute atomic E-state index is 0.320. The Balaban J connectivity index is 1.52. The molecule has 182 valence electrons. The first kappa shape index (κ1) is 24.7. The lowest BCUT2D eigenvalue weighted by atomic mass is 10.1. The number of hydrogen-bond acceptors (Lipinski definition) is 5. The number of hydrogen-bond donors (Lipinski definition) is 0. The Hall–Kier alpha value is -1.97. The molecule has 0 N–H and O–H groups in total. The number of aromatic nitrogens is 2. The third kappa shape index (κ3) is 5.57. The van der Waals surface area contributed by atoms with E-state index < -0.39 is 9.84 Å². The van der Waals surface area contributed by atoms with Gasteiger partial charge in [0.1, 0.15) is 0 Å². The molecule has 4 aromatic rings. The van der Waals surface area contributed by atoms with Gasteiger partial charge in [-0.05, 0) is 74.0 Å². The van der Waals surface area contributed by atoms with Crippen LogP contribution in [0.5, 0.6) is 0 Å². The van der Waals surface area contributed by atoms with Gasteiger partial charge in [0.05, 0.1) is 31.9 Å². The van der Waals surface area contributed by atoms with Crippen LogP contribution in [0.1, 0.15) is 18.5 Å². The lowest BCUT2D eigenvalue weighted by Gasteiger charge is -2.28. The van der Waals surface area contributed by atoms with Crippen LogP contribution in [0, 0.1) is 0 Å². The molecular weight excluding hydrogens is 566 g/mol. The quantitative estimate of drug-likeness (QED) is 0.235. The van der Waals surface area contributed by atoms with Crippen LogP contribution in [0.25, 0.3) is 26.7 Å². The van der Waals surface area contributed by atoms with E-state index in [0.29, 0.717) is 14.7 Å². The molecule has 2 aromatic heterocycles. The predicted octanol–water partition coefficient (Wildman–Crippen LogP) is 6.68. The van der Waals surface area contributed by atoms with Gasteiger partial charge in [0.15, 0.2) is 9.84 Å². The van der Waals surface area contributed by atoms with Crippen molar-refractivity contribution in [2.75, 3.05) is 19.3 Å². The van der Waals surface area contributed by atoms with Gasteiger partial charge in [-0.1, -0.05) is 51.8 Å². The van der Waals surface area contributed by atoms with Gasteiger partial charge in [0.25, 0.3) is 0 Å². The second-order valence-corrected chi connectivity index (χ2v) is 13.6. The summed E-state index contributed by atoms with van der Waals surface area (Å²) in [5, 5.41) is 5.61. The number of halogens is 2. The second-order valence-electron chi connectivity index (χ2n) is 8.80. The first-order chi connectivity index (χ1) is 16.8. The summed E-state index contributed by atoms with van der Waals surface area (Å²) in [4.78, 5) is 5.40. The zero-order valence-corrected chi connectivity index (χ0v) is 23.2. The fourth-order valence-electron chi connectivity index (χ4n) is 4.29. The van der Waals surface area contributed by atoms with E-state index in [9.17, 15) is 8.42 Å². The van der Waals surface area contributed by atoms with Crippen molar-refractivity contribution in [3.05, 3.63) is 77.4 Å². The van der Waals surface area contributed by atoms with Gasteiger partial charge in [0, 0.05) is 22.5 Å². The number of para-hydroxylation sites is 1. The van der Waals surface area contributed by atoms with Crippen LogP contribution >= 0.6 is 38.9 Å². The van der Waals surface area contributed by atoms with E-state index in [1.165, 1.54) is 6.26 Å². The number of thiophene rings is 1. The summed E-state index contributed by atoms with van der Waals surface area (Å²) in [7, 11) is -3.27. The largest absolute Gasteiger partial charge is 0.297 e. The number of likely N-dealkylation sites (tertiary alicyclic amines) is 1. The number of piperidine rings is 1. The van der Waals surface area contributed by atoms with Crippen molar-refractivity contribution in [1.29, 1.82) is 0 Å². The van der Waals surface area contributed by atoms with Crippen LogP contribution in [0.2, 0.25) is 5.02 Å². The maximum Gasteiger partial charge on any atom is 0.175 e. The molecule has 1 saturated heterocycles. The molecular formula is C26H25BrClN3O2S2. The predicted molar refractivity (Wildman–Crippen MR) is 148 cm³/mol. The number of sulfone groups is 1. The molecule has 0 unspecified atom stereocenters. The normalized spacial score (nSPS) is 15.5. The van der Waals surface area contributed by atoms with Gasteiger partial charge < -0.3 is 0 Å². The number of nitrogens with zero attached hydrogens (tertiary/aromatic N) is 3. The Morgan fingerprint density at radius 3 is 2.51 bits per heavy atom. The standard InChI is InChI=1S/C26H25BrClN3O2S2/c1-35(32,33)21-6-4-5-18(15-21)25-9-10-26(34-25)24-16-20(17-30-13-11-19(27)12-14-30)29-31(24)23-8-3-2-7-22(23)28/h2-10,15-16,19H,11-14,17H2,1H3. The first-order valence-corrected chi connectivity index (χ1v) is 15.4. The number of benzene rings is 2. The fraction of sp³-hybridized carbons (Fsp3) is 0.269. The average Bonchev–Trinajstić information content (AvgIpc) is 3.48. The van der Waals surface area contributed by atoms with E-state index in [-0.39, 0.29) is 0 Å². The highest BCUT2D eigenvalue weighted by molar-refractivity contribution is 9.09. The highest BCUT2D eigenvalue weighted by atomic mass is 79.9. The maximum absolute atomic E-state index is 12.0. The molecule has 2 aromatic carbocycles. The SMILES string of the molecule is CS(=O)(=O)c1cccc(-c2ccc(-c3cc(CN4CCC(Br)CC4)nn3-c3ccccc3Cl)s2)c1. The molecule has 9 heteroatoms. The first-order valence-electron chi connectivity index (χ1n) is 11.4. The molecule has 0 amide bonds. The van der Waals surface area contributed by atoms with Gasteiger partial charge in [-0.25, -0.2) is 13.1 Å². The van der Waals surface area contributed by atoms with Crippen LogP contribution < -0.4 is 0 Å². The molecule has 5 rings (SSSR count). The zero-order valence-electron chi connectivity index (χ0n) is 19.2. The monoisotopic (exact) mass is 589 g/mol. The van der Waals surface area contributed by atoms with E-state index in [1.54, 1.807) is 29.5 Å². The van der Waals surface area contributed by atoms with Crippen LogP contribution in [-0.4, -0.2) is 47.3 Å². The van der Waals surface area contributed by atoms with Gasteiger partial charge in [-0.15, -0.1) is 11.3 Å². The van der Waals surface area contributed by atoms with Crippen LogP contribution in [0.4, 0.5) is 0 Å². The summed E-state index contributed by atoms with van der Waals surface area (Å²) in [5.74, 6) is 0. The summed E-state index contributed by atoms with van der Waals surface area (Å²) >= 11 is 11.9. The van der Waals surface area contributed by atoms with Crippen molar-refractivity contribution in [2.45, 2.75) is 29.1 Å². The lowest BCUT2D eigenvalue weighted by molar-refractivity contribution is 0.223. The Bertz CT molecular complexity index is 1460. The molecule has 0 bridgehead atoms. The van der Waals surface area contributed by atoms with E-state index in [0.717, 1.165) is 64.9 Å². The molecule has 5 nitrogen and oxygen atoms in total. The van der Waals surface area contributed by atoms with Crippen molar-refractivity contribution >= 4 is 48.7 Å². The van der Waals surface area contributed by atoms with Crippen molar-refractivity contribution in [2.24, 2.45) is 0 Å². The van der Waals surface area contributed by atoms with Gasteiger partial charge in [-0.2, -0.15) is 5.10 Å². The molecule has 0 radical (unpaired) electrons. The van der Waals surface area contributed by atoms with E-state index >= 15 is 0 Å². The molecule has 0 atom stereocenters.